The number of aliphatic carboxylic acids is 1. The summed E-state index contributed by atoms with van der Waals surface area (Å²) < 4.78 is 0. The minimum atomic E-state index is -0.911. The van der Waals surface area contributed by atoms with Crippen LogP contribution in [0.3, 0.4) is 0 Å². The van der Waals surface area contributed by atoms with Gasteiger partial charge in [0, 0.05) is 40.1 Å². The number of carbonyl (C=O) groups is 1. The summed E-state index contributed by atoms with van der Waals surface area (Å²) in [5.74, 6) is 0.206. The molecule has 330 valence electrons. The van der Waals surface area contributed by atoms with Crippen molar-refractivity contribution < 1.29 is 35.4 Å². The fourth-order valence-electron chi connectivity index (χ4n) is 7.66. The predicted octanol–water partition coefficient (Wildman–Crippen LogP) is 11.0. The molecule has 0 spiro atoms. The van der Waals surface area contributed by atoms with Gasteiger partial charge in [-0.25, -0.2) is 4.98 Å². The van der Waals surface area contributed by atoms with Gasteiger partial charge in [0.25, 0.3) is 0 Å². The van der Waals surface area contributed by atoms with Gasteiger partial charge in [-0.05, 0) is 140 Å². The molecule has 7 N–H and O–H groups in total. The Morgan fingerprint density at radius 3 is 2.27 bits per heavy atom. The summed E-state index contributed by atoms with van der Waals surface area (Å²) in [5, 5.41) is 63.5. The number of phenols is 3. The Balaban J connectivity index is 0.000000253. The van der Waals surface area contributed by atoms with Crippen molar-refractivity contribution in [2.75, 3.05) is 12.3 Å². The zero-order chi connectivity index (χ0) is 45.1. The molecular formula is C52H57ClN2O7S. The summed E-state index contributed by atoms with van der Waals surface area (Å²) in [5.41, 5.74) is 6.70. The number of benzene rings is 5. The lowest BCUT2D eigenvalue weighted by molar-refractivity contribution is -0.138. The van der Waals surface area contributed by atoms with E-state index in [2.05, 4.69) is 47.8 Å². The lowest BCUT2D eigenvalue weighted by atomic mass is 9.90. The van der Waals surface area contributed by atoms with Crippen LogP contribution in [0.1, 0.15) is 96.9 Å². The number of aliphatic hydroxyl groups excluding tert-OH is 1. The number of phenolic OH excluding ortho intramolecular Hbond substituents is 3. The van der Waals surface area contributed by atoms with E-state index in [1.54, 1.807) is 12.1 Å². The van der Waals surface area contributed by atoms with E-state index in [1.807, 2.05) is 93.2 Å². The molecule has 5 aromatic carbocycles. The number of aliphatic hydroxyl groups is 2. The lowest BCUT2D eigenvalue weighted by Crippen LogP contribution is -2.32. The third-order valence-electron chi connectivity index (χ3n) is 11.3. The summed E-state index contributed by atoms with van der Waals surface area (Å²) >= 11 is 8.04. The van der Waals surface area contributed by atoms with Crippen molar-refractivity contribution >= 4 is 52.4 Å². The van der Waals surface area contributed by atoms with Crippen LogP contribution in [0, 0.1) is 5.41 Å². The van der Waals surface area contributed by atoms with Crippen LogP contribution in [0.25, 0.3) is 23.1 Å². The predicted molar refractivity (Wildman–Crippen MR) is 255 cm³/mol. The number of rotatable bonds is 18. The van der Waals surface area contributed by atoms with Gasteiger partial charge in [-0.1, -0.05) is 90.5 Å². The maximum atomic E-state index is 11.5. The first-order valence-corrected chi connectivity index (χ1v) is 22.7. The average molecular weight is 890 g/mol. The van der Waals surface area contributed by atoms with Gasteiger partial charge in [-0.15, -0.1) is 0 Å². The molecule has 11 heteroatoms. The van der Waals surface area contributed by atoms with Gasteiger partial charge >= 0.3 is 5.97 Å². The Bertz CT molecular complexity index is 2480. The number of halogens is 1. The molecule has 7 rings (SSSR count). The molecule has 9 nitrogen and oxygen atoms in total. The van der Waals surface area contributed by atoms with Gasteiger partial charge in [0.15, 0.2) is 0 Å². The number of aromatic nitrogens is 1. The minimum Gasteiger partial charge on any atom is -0.508 e. The van der Waals surface area contributed by atoms with Gasteiger partial charge in [0.05, 0.1) is 29.3 Å². The molecule has 1 heterocycles. The van der Waals surface area contributed by atoms with E-state index in [4.69, 9.17) is 16.6 Å². The van der Waals surface area contributed by atoms with Crippen LogP contribution in [0.5, 0.6) is 17.2 Å². The fourth-order valence-corrected chi connectivity index (χ4v) is 9.39. The number of aromatic hydroxyl groups is 3. The average Bonchev–Trinajstić information content (AvgIpc) is 4.00. The largest absolute Gasteiger partial charge is 0.508 e. The minimum absolute atomic E-state index is 0.0776. The molecular weight excluding hydrogens is 832 g/mol. The van der Waals surface area contributed by atoms with Crippen LogP contribution in [0.4, 0.5) is 0 Å². The molecule has 1 saturated carbocycles. The molecule has 0 amide bonds. The second-order valence-electron chi connectivity index (χ2n) is 17.2. The van der Waals surface area contributed by atoms with Gasteiger partial charge in [-0.2, -0.15) is 11.8 Å². The van der Waals surface area contributed by atoms with Crippen molar-refractivity contribution in [3.8, 4) is 17.2 Å². The number of nitrogens with one attached hydrogen (secondary N) is 1. The first-order valence-electron chi connectivity index (χ1n) is 21.2. The quantitative estimate of drug-likeness (QED) is 0.0442. The highest BCUT2D eigenvalue weighted by Gasteiger charge is 2.44. The number of aryl methyl sites for hydroxylation is 1. The van der Waals surface area contributed by atoms with Gasteiger partial charge in [-0.3, -0.25) is 4.79 Å². The third kappa shape index (κ3) is 14.3. The van der Waals surface area contributed by atoms with E-state index in [9.17, 15) is 35.4 Å². The van der Waals surface area contributed by atoms with Gasteiger partial charge < -0.3 is 36.0 Å². The van der Waals surface area contributed by atoms with Crippen LogP contribution in [0.15, 0.2) is 121 Å². The summed E-state index contributed by atoms with van der Waals surface area (Å²) in [6.07, 6.45) is 7.96. The summed E-state index contributed by atoms with van der Waals surface area (Å²) in [6, 6.07) is 37.7. The molecule has 1 aromatic heterocycles. The van der Waals surface area contributed by atoms with Crippen LogP contribution < -0.4 is 5.32 Å². The first-order chi connectivity index (χ1) is 30.0. The molecule has 3 unspecified atom stereocenters. The molecule has 1 fully saturated rings. The number of hydrogen-bond donors (Lipinski definition) is 7. The van der Waals surface area contributed by atoms with Gasteiger partial charge in [0.1, 0.15) is 17.2 Å². The molecule has 0 bridgehead atoms. The van der Waals surface area contributed by atoms with E-state index in [0.717, 1.165) is 76.7 Å². The van der Waals surface area contributed by atoms with E-state index < -0.39 is 17.7 Å². The fraction of sp³-hybridized carbons (Fsp3) is 0.308. The second-order valence-corrected chi connectivity index (χ2v) is 18.8. The molecule has 1 aliphatic carbocycles. The molecule has 1 aliphatic rings. The van der Waals surface area contributed by atoms with Crippen LogP contribution >= 0.6 is 23.4 Å². The van der Waals surface area contributed by atoms with Crippen molar-refractivity contribution in [3.05, 3.63) is 165 Å². The van der Waals surface area contributed by atoms with Crippen molar-refractivity contribution in [2.45, 2.75) is 82.3 Å². The van der Waals surface area contributed by atoms with Crippen LogP contribution in [-0.2, 0) is 23.2 Å². The normalized spacial score (nSPS) is 14.8. The maximum absolute atomic E-state index is 11.5. The van der Waals surface area contributed by atoms with Crippen molar-refractivity contribution in [2.24, 2.45) is 5.41 Å². The number of hydrogen-bond acceptors (Lipinski definition) is 9. The zero-order valence-electron chi connectivity index (χ0n) is 35.9. The molecule has 0 saturated heterocycles. The summed E-state index contributed by atoms with van der Waals surface area (Å²) in [4.78, 5) is 16.2. The Morgan fingerprint density at radius 2 is 1.57 bits per heavy atom. The Kier molecular flexibility index (Phi) is 16.0. The Hall–Kier alpha value is -5.36. The molecule has 6 aromatic rings. The van der Waals surface area contributed by atoms with Crippen LogP contribution in [-0.4, -0.2) is 59.9 Å². The second kappa shape index (κ2) is 21.3. The topological polar surface area (TPSA) is 163 Å². The Morgan fingerprint density at radius 1 is 0.857 bits per heavy atom. The van der Waals surface area contributed by atoms with E-state index in [-0.39, 0.29) is 40.4 Å². The standard InChI is InChI=1S/C35H36ClNO3S.C17H21NO4/c1-34(2,40)30-9-4-3-7-25(30)13-17-32(41-23-35(18-19-35)22-33(38)39)27-8-5-6-24(20-27)10-15-29-16-12-26-11-14-28(36)21-31(26)37-29;1-11(6-12-2-4-14(19)5-3-12)18-10-17(22)13-7-15(20)9-16(21)8-13/h3-12,14-16,20-21,32,40H,13,17-19,22-23H2,1-2H3,(H,38,39);2-5,7-9,11,17-22H,6,10H2,1H3. The van der Waals surface area contributed by atoms with Crippen molar-refractivity contribution in [1.82, 2.24) is 10.3 Å². The highest BCUT2D eigenvalue weighted by atomic mass is 35.5. The summed E-state index contributed by atoms with van der Waals surface area (Å²) in [6.45, 7) is 5.97. The zero-order valence-corrected chi connectivity index (χ0v) is 37.5. The lowest BCUT2D eigenvalue weighted by Gasteiger charge is -2.24. The molecule has 0 aliphatic heterocycles. The smallest absolute Gasteiger partial charge is 0.303 e. The highest BCUT2D eigenvalue weighted by molar-refractivity contribution is 7.99. The molecule has 0 radical (unpaired) electrons. The van der Waals surface area contributed by atoms with E-state index in [1.165, 1.54) is 23.8 Å². The highest BCUT2D eigenvalue weighted by Crippen LogP contribution is 2.53. The van der Waals surface area contributed by atoms with E-state index >= 15 is 0 Å². The van der Waals surface area contributed by atoms with Crippen LogP contribution in [0.2, 0.25) is 5.02 Å². The molecule has 3 atom stereocenters. The van der Waals surface area contributed by atoms with Crippen molar-refractivity contribution in [1.29, 1.82) is 0 Å². The number of nitrogens with zero attached hydrogens (tertiary/aromatic N) is 1. The number of thioether (sulfide) groups is 1. The first kappa shape index (κ1) is 47.1. The van der Waals surface area contributed by atoms with Crippen molar-refractivity contribution in [3.63, 3.8) is 0 Å². The van der Waals surface area contributed by atoms with E-state index in [0.29, 0.717) is 17.1 Å². The van der Waals surface area contributed by atoms with Gasteiger partial charge in [0.2, 0.25) is 0 Å². The Labute approximate surface area is 379 Å². The third-order valence-corrected chi connectivity index (χ3v) is 13.2. The number of carboxylic acids is 1. The number of fused-ring (bicyclic) bond motifs is 1. The summed E-state index contributed by atoms with van der Waals surface area (Å²) in [7, 11) is 0. The number of pyridine rings is 1. The maximum Gasteiger partial charge on any atom is 0.303 e. The monoisotopic (exact) mass is 888 g/mol. The molecule has 63 heavy (non-hydrogen) atoms. The SMILES string of the molecule is CC(C)(O)c1ccccc1CCC(SCC1(CC(=O)O)CC1)c1cccc(C=Cc2ccc3ccc(Cl)cc3n2)c1.CC(Cc1ccc(O)cc1)NCC(O)c1cc(O)cc(O)c1. The number of carboxylic acid groups (broad SMARTS) is 1.